The Morgan fingerprint density at radius 3 is 2.50 bits per heavy atom. The lowest BCUT2D eigenvalue weighted by molar-refractivity contribution is -0.385. The van der Waals surface area contributed by atoms with Crippen molar-refractivity contribution in [3.63, 3.8) is 0 Å². The number of benzene rings is 1. The summed E-state index contributed by atoms with van der Waals surface area (Å²) in [7, 11) is 3.45. The predicted octanol–water partition coefficient (Wildman–Crippen LogP) is 0.991. The molecule has 1 saturated heterocycles. The molecule has 0 aromatic heterocycles. The van der Waals surface area contributed by atoms with E-state index in [1.54, 1.807) is 4.90 Å². The van der Waals surface area contributed by atoms with Gasteiger partial charge in [0, 0.05) is 32.2 Å². The predicted molar refractivity (Wildman–Crippen MR) is 73.0 cm³/mol. The van der Waals surface area contributed by atoms with E-state index in [9.17, 15) is 14.9 Å². The van der Waals surface area contributed by atoms with Crippen LogP contribution in [-0.2, 0) is 0 Å². The number of nitrogens with zero attached hydrogens (tertiary/aromatic N) is 3. The number of piperazine rings is 1. The maximum atomic E-state index is 12.4. The maximum absolute atomic E-state index is 12.4. The van der Waals surface area contributed by atoms with Gasteiger partial charge in [-0.25, -0.2) is 0 Å². The van der Waals surface area contributed by atoms with Crippen LogP contribution in [0.25, 0.3) is 0 Å². The van der Waals surface area contributed by atoms with Crippen LogP contribution in [0.3, 0.4) is 0 Å². The molecule has 0 radical (unpaired) electrons. The van der Waals surface area contributed by atoms with E-state index in [-0.39, 0.29) is 17.2 Å². The maximum Gasteiger partial charge on any atom is 0.282 e. The minimum atomic E-state index is -0.539. The molecule has 1 fully saturated rings. The first kappa shape index (κ1) is 14.3. The van der Waals surface area contributed by atoms with Gasteiger partial charge in [0.05, 0.1) is 12.0 Å². The van der Waals surface area contributed by atoms with Crippen LogP contribution in [0.2, 0.25) is 0 Å². The van der Waals surface area contributed by atoms with Crippen molar-refractivity contribution in [1.29, 1.82) is 0 Å². The molecule has 2 rings (SSSR count). The number of nitro groups is 1. The van der Waals surface area contributed by atoms with Crippen molar-refractivity contribution < 1.29 is 14.5 Å². The van der Waals surface area contributed by atoms with E-state index in [0.717, 1.165) is 13.1 Å². The van der Waals surface area contributed by atoms with Crippen LogP contribution in [0.15, 0.2) is 18.2 Å². The van der Waals surface area contributed by atoms with Gasteiger partial charge in [0.15, 0.2) is 0 Å². The minimum absolute atomic E-state index is 0.0823. The summed E-state index contributed by atoms with van der Waals surface area (Å²) in [6.07, 6.45) is 0. The molecule has 7 heteroatoms. The second-order valence-electron chi connectivity index (χ2n) is 4.74. The third kappa shape index (κ3) is 2.88. The minimum Gasteiger partial charge on any atom is -0.497 e. The molecule has 1 heterocycles. The quantitative estimate of drug-likeness (QED) is 0.609. The smallest absolute Gasteiger partial charge is 0.282 e. The zero-order valence-electron chi connectivity index (χ0n) is 11.5. The van der Waals surface area contributed by atoms with Crippen molar-refractivity contribution in [2.24, 2.45) is 0 Å². The van der Waals surface area contributed by atoms with E-state index in [1.807, 2.05) is 7.05 Å². The molecule has 0 aliphatic carbocycles. The Balaban J connectivity index is 2.30. The average molecular weight is 279 g/mol. The van der Waals surface area contributed by atoms with Gasteiger partial charge in [0.25, 0.3) is 11.6 Å². The Bertz CT molecular complexity index is 524. The Hall–Kier alpha value is -2.15. The fourth-order valence-electron chi connectivity index (χ4n) is 2.15. The van der Waals surface area contributed by atoms with Gasteiger partial charge in [-0.2, -0.15) is 0 Å². The number of carbonyl (C=O) groups is 1. The third-order valence-corrected chi connectivity index (χ3v) is 3.42. The number of ether oxygens (including phenoxy) is 1. The zero-order chi connectivity index (χ0) is 14.7. The number of methoxy groups -OCH3 is 1. The Labute approximate surface area is 116 Å². The summed E-state index contributed by atoms with van der Waals surface area (Å²) in [6, 6.07) is 4.22. The number of nitro benzene ring substituents is 1. The third-order valence-electron chi connectivity index (χ3n) is 3.42. The first-order valence-electron chi connectivity index (χ1n) is 6.33. The SMILES string of the molecule is COc1ccc([N+](=O)[O-])c(C(=O)N2CCN(C)CC2)c1. The molecule has 108 valence electrons. The molecule has 1 amide bonds. The molecule has 0 unspecified atom stereocenters. The van der Waals surface area contributed by atoms with Gasteiger partial charge >= 0.3 is 0 Å². The molecule has 1 aliphatic rings. The zero-order valence-corrected chi connectivity index (χ0v) is 11.5. The highest BCUT2D eigenvalue weighted by Gasteiger charge is 2.27. The van der Waals surface area contributed by atoms with Gasteiger partial charge in [-0.05, 0) is 19.2 Å². The van der Waals surface area contributed by atoms with Crippen LogP contribution >= 0.6 is 0 Å². The van der Waals surface area contributed by atoms with E-state index in [2.05, 4.69) is 4.90 Å². The van der Waals surface area contributed by atoms with Crippen LogP contribution in [0, 0.1) is 10.1 Å². The fraction of sp³-hybridized carbons (Fsp3) is 0.462. The summed E-state index contributed by atoms with van der Waals surface area (Å²) in [5.74, 6) is 0.122. The number of hydrogen-bond donors (Lipinski definition) is 0. The van der Waals surface area contributed by atoms with Crippen molar-refractivity contribution >= 4 is 11.6 Å². The molecule has 20 heavy (non-hydrogen) atoms. The molecule has 0 spiro atoms. The molecular weight excluding hydrogens is 262 g/mol. The molecule has 0 atom stereocenters. The normalized spacial score (nSPS) is 16.0. The number of hydrogen-bond acceptors (Lipinski definition) is 5. The molecule has 0 bridgehead atoms. The number of carbonyl (C=O) groups excluding carboxylic acids is 1. The van der Waals surface area contributed by atoms with E-state index in [1.165, 1.54) is 25.3 Å². The van der Waals surface area contributed by atoms with Crippen molar-refractivity contribution in [2.75, 3.05) is 40.3 Å². The molecular formula is C13H17N3O4. The lowest BCUT2D eigenvalue weighted by Gasteiger charge is -2.32. The Kier molecular flexibility index (Phi) is 4.19. The summed E-state index contributed by atoms with van der Waals surface area (Å²) in [6.45, 7) is 2.68. The highest BCUT2D eigenvalue weighted by atomic mass is 16.6. The van der Waals surface area contributed by atoms with Crippen LogP contribution in [-0.4, -0.2) is 61.0 Å². The van der Waals surface area contributed by atoms with Gasteiger partial charge in [0.2, 0.25) is 0 Å². The van der Waals surface area contributed by atoms with Crippen LogP contribution in [0.5, 0.6) is 5.75 Å². The second kappa shape index (κ2) is 5.87. The molecule has 1 aliphatic heterocycles. The van der Waals surface area contributed by atoms with Gasteiger partial charge in [-0.15, -0.1) is 0 Å². The van der Waals surface area contributed by atoms with Crippen molar-refractivity contribution in [2.45, 2.75) is 0 Å². The summed E-state index contributed by atoms with van der Waals surface area (Å²) in [5.41, 5.74) is -0.103. The van der Waals surface area contributed by atoms with E-state index in [4.69, 9.17) is 4.74 Å². The second-order valence-corrected chi connectivity index (χ2v) is 4.74. The Morgan fingerprint density at radius 1 is 1.30 bits per heavy atom. The summed E-state index contributed by atoms with van der Waals surface area (Å²) in [4.78, 5) is 26.7. The molecule has 1 aromatic rings. The van der Waals surface area contributed by atoms with Crippen molar-refractivity contribution in [3.05, 3.63) is 33.9 Å². The molecule has 0 N–H and O–H groups in total. The summed E-state index contributed by atoms with van der Waals surface area (Å²) in [5, 5.41) is 11.0. The molecule has 0 saturated carbocycles. The largest absolute Gasteiger partial charge is 0.497 e. The number of rotatable bonds is 3. The monoisotopic (exact) mass is 279 g/mol. The van der Waals surface area contributed by atoms with Crippen molar-refractivity contribution in [3.8, 4) is 5.75 Å². The molecule has 7 nitrogen and oxygen atoms in total. The highest BCUT2D eigenvalue weighted by Crippen LogP contribution is 2.25. The first-order chi connectivity index (χ1) is 9.52. The topological polar surface area (TPSA) is 75.9 Å². The average Bonchev–Trinajstić information content (AvgIpc) is 2.46. The number of amides is 1. The van der Waals surface area contributed by atoms with Gasteiger partial charge < -0.3 is 14.5 Å². The highest BCUT2D eigenvalue weighted by molar-refractivity contribution is 5.98. The van der Waals surface area contributed by atoms with Gasteiger partial charge in [-0.1, -0.05) is 0 Å². The summed E-state index contributed by atoms with van der Waals surface area (Å²) >= 11 is 0. The standard InChI is InChI=1S/C13H17N3O4/c1-14-5-7-15(8-6-14)13(17)11-9-10(20-2)3-4-12(11)16(18)19/h3-4,9H,5-8H2,1-2H3. The molecule has 1 aromatic carbocycles. The Morgan fingerprint density at radius 2 is 1.95 bits per heavy atom. The van der Waals surface area contributed by atoms with Gasteiger partial charge in [0.1, 0.15) is 11.3 Å². The summed E-state index contributed by atoms with van der Waals surface area (Å²) < 4.78 is 5.04. The van der Waals surface area contributed by atoms with E-state index in [0.29, 0.717) is 18.8 Å². The van der Waals surface area contributed by atoms with Crippen LogP contribution < -0.4 is 4.74 Å². The van der Waals surface area contributed by atoms with E-state index < -0.39 is 4.92 Å². The first-order valence-corrected chi connectivity index (χ1v) is 6.33. The van der Waals surface area contributed by atoms with Crippen molar-refractivity contribution in [1.82, 2.24) is 9.80 Å². The number of likely N-dealkylation sites (N-methyl/N-ethyl adjacent to an activating group) is 1. The fourth-order valence-corrected chi connectivity index (χ4v) is 2.15. The van der Waals surface area contributed by atoms with Crippen LogP contribution in [0.1, 0.15) is 10.4 Å². The van der Waals surface area contributed by atoms with Gasteiger partial charge in [-0.3, -0.25) is 14.9 Å². The van der Waals surface area contributed by atoms with E-state index >= 15 is 0 Å². The lowest BCUT2D eigenvalue weighted by atomic mass is 10.1. The lowest BCUT2D eigenvalue weighted by Crippen LogP contribution is -2.47. The van der Waals surface area contributed by atoms with Crippen LogP contribution in [0.4, 0.5) is 5.69 Å².